The molecule has 1 rings (SSSR count). The van der Waals surface area contributed by atoms with Crippen LogP contribution in [0.1, 0.15) is 108 Å². The predicted octanol–water partition coefficient (Wildman–Crippen LogP) is 7.06. The topological polar surface area (TPSA) is 66.4 Å². The zero-order valence-electron chi connectivity index (χ0n) is 19.8. The number of hydrogen-bond donors (Lipinski definition) is 2. The second kappa shape index (κ2) is 17.6. The molecule has 4 heteroatoms. The first-order valence-corrected chi connectivity index (χ1v) is 12.3. The molecule has 0 saturated heterocycles. The minimum atomic E-state index is -0.719. The maximum Gasteiger partial charge on any atom is 0.291 e. The quantitative estimate of drug-likeness (QED) is 0.114. The number of carbonyl (C=O) groups excluding carboxylic acids is 2. The van der Waals surface area contributed by atoms with Gasteiger partial charge in [0.25, 0.3) is 5.91 Å². The van der Waals surface area contributed by atoms with Crippen molar-refractivity contribution in [2.24, 2.45) is 0 Å². The Kier molecular flexibility index (Phi) is 15.3. The largest absolute Gasteiger partial charge is 0.507 e. The van der Waals surface area contributed by atoms with Gasteiger partial charge in [-0.3, -0.25) is 9.59 Å². The van der Waals surface area contributed by atoms with Crippen molar-refractivity contribution >= 4 is 17.4 Å². The molecule has 1 amide bonds. The minimum Gasteiger partial charge on any atom is -0.507 e. The monoisotopic (exact) mass is 429 g/mol. The molecular formula is C27H43NO3. The highest BCUT2D eigenvalue weighted by Crippen LogP contribution is 2.13. The molecule has 0 bridgehead atoms. The molecule has 0 saturated carbocycles. The van der Waals surface area contributed by atoms with Crippen LogP contribution < -0.4 is 5.32 Å². The van der Waals surface area contributed by atoms with Gasteiger partial charge in [0.2, 0.25) is 5.78 Å². The summed E-state index contributed by atoms with van der Waals surface area (Å²) in [6, 6.07) is 7.14. The van der Waals surface area contributed by atoms with Gasteiger partial charge in [0, 0.05) is 18.2 Å². The van der Waals surface area contributed by atoms with Gasteiger partial charge >= 0.3 is 0 Å². The summed E-state index contributed by atoms with van der Waals surface area (Å²) in [6.07, 6.45) is 19.0. The Hall–Kier alpha value is -2.10. The Morgan fingerprint density at radius 2 is 1.23 bits per heavy atom. The molecule has 0 aliphatic rings. The van der Waals surface area contributed by atoms with E-state index in [1.807, 2.05) is 19.1 Å². The fourth-order valence-electron chi connectivity index (χ4n) is 3.61. The molecule has 1 aromatic rings. The van der Waals surface area contributed by atoms with E-state index in [2.05, 4.69) is 12.2 Å². The Morgan fingerprint density at radius 3 is 1.71 bits per heavy atom. The first-order valence-electron chi connectivity index (χ1n) is 12.3. The van der Waals surface area contributed by atoms with Crippen molar-refractivity contribution in [1.82, 2.24) is 5.32 Å². The number of amides is 1. The van der Waals surface area contributed by atoms with E-state index in [1.54, 1.807) is 12.1 Å². The fourth-order valence-corrected chi connectivity index (χ4v) is 3.61. The Morgan fingerprint density at radius 1 is 0.774 bits per heavy atom. The molecule has 1 aromatic carbocycles. The third-order valence-electron chi connectivity index (χ3n) is 5.65. The zero-order chi connectivity index (χ0) is 22.7. The lowest BCUT2D eigenvalue weighted by Gasteiger charge is -2.05. The molecule has 0 atom stereocenters. The molecule has 0 spiro atoms. The van der Waals surface area contributed by atoms with Crippen LogP contribution in [0.2, 0.25) is 0 Å². The number of rotatable bonds is 18. The van der Waals surface area contributed by atoms with Gasteiger partial charge in [-0.2, -0.15) is 0 Å². The predicted molar refractivity (Wildman–Crippen MR) is 130 cm³/mol. The summed E-state index contributed by atoms with van der Waals surface area (Å²) in [5.41, 5.74) is 1.59. The van der Waals surface area contributed by atoms with Gasteiger partial charge in [0.05, 0.1) is 0 Å². The molecule has 0 radical (unpaired) electrons. The van der Waals surface area contributed by atoms with Crippen molar-refractivity contribution in [3.63, 3.8) is 0 Å². The normalized spacial score (nSPS) is 11.5. The first kappa shape index (κ1) is 26.9. The van der Waals surface area contributed by atoms with Gasteiger partial charge in [-0.25, -0.2) is 0 Å². The van der Waals surface area contributed by atoms with E-state index in [4.69, 9.17) is 0 Å². The van der Waals surface area contributed by atoms with Crippen LogP contribution in [0.5, 0.6) is 0 Å². The number of hydrogen-bond acceptors (Lipinski definition) is 3. The van der Waals surface area contributed by atoms with Crippen molar-refractivity contribution in [2.75, 3.05) is 6.54 Å². The number of aryl methyl sites for hydroxylation is 1. The van der Waals surface area contributed by atoms with Crippen molar-refractivity contribution < 1.29 is 14.7 Å². The van der Waals surface area contributed by atoms with Gasteiger partial charge in [0.1, 0.15) is 5.76 Å². The lowest BCUT2D eigenvalue weighted by atomic mass is 10.0. The van der Waals surface area contributed by atoms with E-state index < -0.39 is 11.7 Å². The summed E-state index contributed by atoms with van der Waals surface area (Å²) in [7, 11) is 0. The summed E-state index contributed by atoms with van der Waals surface area (Å²) in [4.78, 5) is 23.8. The van der Waals surface area contributed by atoms with E-state index in [0.29, 0.717) is 12.1 Å². The Balaban J connectivity index is 1.99. The van der Waals surface area contributed by atoms with Gasteiger partial charge in [0.15, 0.2) is 0 Å². The van der Waals surface area contributed by atoms with Crippen molar-refractivity contribution in [2.45, 2.75) is 104 Å². The first-order chi connectivity index (χ1) is 15.0. The summed E-state index contributed by atoms with van der Waals surface area (Å²) >= 11 is 0. The highest BCUT2D eigenvalue weighted by molar-refractivity contribution is 6.41. The Bertz CT molecular complexity index is 649. The smallest absolute Gasteiger partial charge is 0.291 e. The minimum absolute atomic E-state index is 0.184. The van der Waals surface area contributed by atoms with E-state index in [9.17, 15) is 14.7 Å². The van der Waals surface area contributed by atoms with Crippen molar-refractivity contribution in [1.29, 1.82) is 0 Å². The summed E-state index contributed by atoms with van der Waals surface area (Å²) in [5, 5.41) is 12.6. The van der Waals surface area contributed by atoms with Crippen LogP contribution in [0, 0.1) is 6.92 Å². The molecule has 0 aromatic heterocycles. The summed E-state index contributed by atoms with van der Waals surface area (Å²) in [6.45, 7) is 4.71. The van der Waals surface area contributed by atoms with Gasteiger partial charge in [-0.05, 0) is 13.3 Å². The van der Waals surface area contributed by atoms with E-state index in [-0.39, 0.29) is 5.76 Å². The molecule has 0 aliphatic carbocycles. The molecule has 31 heavy (non-hydrogen) atoms. The molecule has 0 aliphatic heterocycles. The third-order valence-corrected chi connectivity index (χ3v) is 5.65. The zero-order valence-corrected chi connectivity index (χ0v) is 19.8. The number of aliphatic hydroxyl groups is 1. The molecule has 0 fully saturated rings. The highest BCUT2D eigenvalue weighted by atomic mass is 16.3. The number of aliphatic hydroxyl groups excluding tert-OH is 1. The van der Waals surface area contributed by atoms with Crippen molar-refractivity contribution in [3.8, 4) is 0 Å². The molecule has 174 valence electrons. The van der Waals surface area contributed by atoms with E-state index in [0.717, 1.165) is 24.5 Å². The molecule has 4 nitrogen and oxygen atoms in total. The van der Waals surface area contributed by atoms with Gasteiger partial charge in [-0.1, -0.05) is 120 Å². The molecule has 0 unspecified atom stereocenters. The summed E-state index contributed by atoms with van der Waals surface area (Å²) in [5.74, 6) is -1.56. The lowest BCUT2D eigenvalue weighted by Crippen LogP contribution is -2.30. The number of nitrogens with one attached hydrogen (secondary N) is 1. The standard InChI is InChI=1S/C27H43NO3/c1-3-4-5-6-7-8-9-10-11-12-13-14-15-16-21-28-27(31)26(30)22-25(29)24-19-17-23(2)18-20-24/h17-20,22,29H,3-16,21H2,1-2H3,(H,28,31)/b25-22-. The maximum absolute atomic E-state index is 11.9. The van der Waals surface area contributed by atoms with Crippen LogP contribution in [0.4, 0.5) is 0 Å². The molecule has 0 heterocycles. The van der Waals surface area contributed by atoms with Gasteiger partial charge in [-0.15, -0.1) is 0 Å². The Labute approximate surface area is 189 Å². The second-order valence-corrected chi connectivity index (χ2v) is 8.61. The number of unbranched alkanes of at least 4 members (excludes halogenated alkanes) is 13. The number of ketones is 1. The average molecular weight is 430 g/mol. The number of benzene rings is 1. The fraction of sp³-hybridized carbons (Fsp3) is 0.630. The number of carbonyl (C=O) groups is 2. The lowest BCUT2D eigenvalue weighted by molar-refractivity contribution is -0.135. The molecular weight excluding hydrogens is 386 g/mol. The van der Waals surface area contributed by atoms with Crippen LogP contribution in [0.3, 0.4) is 0 Å². The van der Waals surface area contributed by atoms with Gasteiger partial charge < -0.3 is 10.4 Å². The highest BCUT2D eigenvalue weighted by Gasteiger charge is 2.12. The summed E-state index contributed by atoms with van der Waals surface area (Å²) < 4.78 is 0. The maximum atomic E-state index is 11.9. The van der Waals surface area contributed by atoms with Crippen molar-refractivity contribution in [3.05, 3.63) is 41.5 Å². The third kappa shape index (κ3) is 13.7. The van der Waals surface area contributed by atoms with Crippen LogP contribution >= 0.6 is 0 Å². The van der Waals surface area contributed by atoms with Crippen LogP contribution in [0.15, 0.2) is 30.3 Å². The average Bonchev–Trinajstić information content (AvgIpc) is 2.76. The van der Waals surface area contributed by atoms with E-state index >= 15 is 0 Å². The van der Waals surface area contributed by atoms with Crippen LogP contribution in [0.25, 0.3) is 5.76 Å². The second-order valence-electron chi connectivity index (χ2n) is 8.61. The van der Waals surface area contributed by atoms with Crippen LogP contribution in [-0.4, -0.2) is 23.3 Å². The molecule has 2 N–H and O–H groups in total. The van der Waals surface area contributed by atoms with E-state index in [1.165, 1.54) is 77.0 Å². The van der Waals surface area contributed by atoms with Crippen LogP contribution in [-0.2, 0) is 9.59 Å². The SMILES string of the molecule is CCCCCCCCCCCCCCCCNC(=O)C(=O)/C=C(\O)c1ccc(C)cc1.